The van der Waals surface area contributed by atoms with Gasteiger partial charge in [-0.3, -0.25) is 38.5 Å². The Hall–Kier alpha value is -6.62. The number of anilines is 2. The van der Waals surface area contributed by atoms with E-state index in [1.165, 1.54) is 32.9 Å². The van der Waals surface area contributed by atoms with E-state index in [0.29, 0.717) is 28.2 Å². The summed E-state index contributed by atoms with van der Waals surface area (Å²) in [5, 5.41) is 46.2. The molecule has 26 heteroatoms. The summed E-state index contributed by atoms with van der Waals surface area (Å²) in [6.07, 6.45) is 0.797. The summed E-state index contributed by atoms with van der Waals surface area (Å²) in [5.41, 5.74) is 4.86. The number of allylic oxidation sites excluding steroid dienone is 4. The molecule has 5 rings (SSSR count). The Labute approximate surface area is 491 Å². The molecule has 1 aromatic carbocycles. The number of rotatable bonds is 27. The van der Waals surface area contributed by atoms with Gasteiger partial charge in [0.1, 0.15) is 61.2 Å². The van der Waals surface area contributed by atoms with Crippen LogP contribution in [0.1, 0.15) is 119 Å². The van der Waals surface area contributed by atoms with Gasteiger partial charge in [0.2, 0.25) is 41.4 Å². The van der Waals surface area contributed by atoms with Crippen LogP contribution in [0.5, 0.6) is 0 Å². The molecule has 0 radical (unpaired) electrons. The lowest BCUT2D eigenvalue weighted by molar-refractivity contribution is -0.185. The van der Waals surface area contributed by atoms with Gasteiger partial charge in [0.25, 0.3) is 0 Å². The lowest BCUT2D eigenvalue weighted by atomic mass is 9.84. The smallest absolute Gasteiger partial charge is 0.410 e. The van der Waals surface area contributed by atoms with Crippen LogP contribution in [0.2, 0.25) is 0 Å². The number of likely N-dealkylation sites (tertiary alicyclic amines) is 1. The fraction of sp³-hybridized carbons (Fsp3) is 0.589. The van der Waals surface area contributed by atoms with Crippen molar-refractivity contribution in [2.24, 2.45) is 11.8 Å². The zero-order chi connectivity index (χ0) is 60.7. The number of amides is 8. The Kier molecular flexibility index (Phi) is 24.3. The zero-order valence-corrected chi connectivity index (χ0v) is 50.8. The first kappa shape index (κ1) is 66.2. The molecule has 0 aliphatic carbocycles. The van der Waals surface area contributed by atoms with Crippen LogP contribution in [0.3, 0.4) is 0 Å². The summed E-state index contributed by atoms with van der Waals surface area (Å²) in [6, 6.07) is 2.97. The lowest BCUT2D eigenvalue weighted by Crippen LogP contribution is -2.66. The first-order chi connectivity index (χ1) is 38.7. The van der Waals surface area contributed by atoms with Crippen molar-refractivity contribution in [3.63, 3.8) is 0 Å². The van der Waals surface area contributed by atoms with Crippen molar-refractivity contribution in [1.82, 2.24) is 50.6 Å². The maximum absolute atomic E-state index is 13.4. The van der Waals surface area contributed by atoms with Crippen molar-refractivity contribution in [3.8, 4) is 0 Å². The fourth-order valence-corrected chi connectivity index (χ4v) is 10.3. The summed E-state index contributed by atoms with van der Waals surface area (Å²) >= 11 is 2.31. The van der Waals surface area contributed by atoms with Crippen molar-refractivity contribution in [3.05, 3.63) is 59.2 Å². The van der Waals surface area contributed by atoms with Crippen LogP contribution in [0.25, 0.3) is 16.7 Å². The van der Waals surface area contributed by atoms with Crippen LogP contribution in [0.4, 0.5) is 16.3 Å². The number of imidazole rings is 1. The second-order valence-electron chi connectivity index (χ2n) is 21.5. The van der Waals surface area contributed by atoms with Crippen LogP contribution in [0.15, 0.2) is 47.8 Å². The van der Waals surface area contributed by atoms with Crippen LogP contribution in [-0.2, 0) is 49.6 Å². The number of aromatic nitrogens is 4. The van der Waals surface area contributed by atoms with E-state index in [1.807, 2.05) is 40.7 Å². The van der Waals surface area contributed by atoms with Gasteiger partial charge in [-0.1, -0.05) is 92.5 Å². The summed E-state index contributed by atoms with van der Waals surface area (Å²) in [7, 11) is 2.66. The number of nitrogens with zero attached hydrogens (tertiary/aromatic N) is 6. The Morgan fingerprint density at radius 1 is 0.963 bits per heavy atom. The van der Waals surface area contributed by atoms with E-state index in [1.54, 1.807) is 38.1 Å². The highest BCUT2D eigenvalue weighted by atomic mass is 127. The predicted octanol–water partition coefficient (Wildman–Crippen LogP) is 3.69. The van der Waals surface area contributed by atoms with E-state index in [0.717, 1.165) is 58.0 Å². The minimum absolute atomic E-state index is 0.104. The number of benzene rings is 1. The lowest BCUT2D eigenvalue weighted by Gasteiger charge is -2.42. The number of alkyl halides is 1. The highest BCUT2D eigenvalue weighted by molar-refractivity contribution is 14.1. The molecule has 9 N–H and O–H groups in total. The summed E-state index contributed by atoms with van der Waals surface area (Å²) in [6.45, 7) is 15.0. The number of aliphatic hydroxyl groups is 3. The minimum atomic E-state index is -1.65. The monoisotopic (exact) mass is 1260 g/mol. The summed E-state index contributed by atoms with van der Waals surface area (Å²) in [5.74, 6) is -3.72. The molecule has 0 bridgehead atoms. The van der Waals surface area contributed by atoms with Crippen LogP contribution in [0, 0.1) is 11.8 Å². The molecule has 0 spiro atoms. The van der Waals surface area contributed by atoms with Crippen molar-refractivity contribution in [2.45, 2.75) is 160 Å². The number of halogens is 1. The highest BCUT2D eigenvalue weighted by Gasteiger charge is 2.49. The number of carbonyl (C=O) groups excluding carboxylic acids is 8. The molecule has 25 nitrogen and oxygen atoms in total. The molecular weight excluding hydrogens is 1180 g/mol. The van der Waals surface area contributed by atoms with Gasteiger partial charge in [0, 0.05) is 42.6 Å². The van der Waals surface area contributed by atoms with Gasteiger partial charge < -0.3 is 66.2 Å². The Balaban J connectivity index is 1.03. The van der Waals surface area contributed by atoms with Gasteiger partial charge in [0.05, 0.1) is 25.1 Å². The second kappa shape index (κ2) is 30.1. The average molecular weight is 1260 g/mol. The Bertz CT molecular complexity index is 2840. The Morgan fingerprint density at radius 2 is 1.66 bits per heavy atom. The van der Waals surface area contributed by atoms with Gasteiger partial charge in [-0.25, -0.2) is 19.7 Å². The SMILES string of the molecule is CC=C(C)CC(C)=C(C)c1nc2ncnc(N[C@H]3O[C@@H](CO)[C@H](NC(=O)CN(C)C(=O)CN(C)C(=O)OCc4ccc(NC(=O)[C@H](C)NC(=O)[C@@H](NC(=O)CCN5C(=O)CC(C(I)(CC)CCCC)C5=O)C(C)C)cc4)[C@@H](O)[C@@H]3O)c2[nH]1. The van der Waals surface area contributed by atoms with Crippen LogP contribution >= 0.6 is 22.6 Å². The number of H-pyrrole nitrogens is 1. The fourth-order valence-electron chi connectivity index (χ4n) is 9.39. The molecule has 0 saturated carbocycles. The van der Waals surface area contributed by atoms with Gasteiger partial charge in [0.15, 0.2) is 17.7 Å². The molecule has 2 fully saturated rings. The second-order valence-corrected chi connectivity index (χ2v) is 23.6. The molecule has 2 unspecified atom stereocenters. The van der Waals surface area contributed by atoms with Crippen LogP contribution < -0.4 is 26.6 Å². The first-order valence-corrected chi connectivity index (χ1v) is 28.7. The van der Waals surface area contributed by atoms with Gasteiger partial charge in [-0.2, -0.15) is 0 Å². The number of unbranched alkanes of at least 4 members (excludes halogenated alkanes) is 1. The predicted molar refractivity (Wildman–Crippen MR) is 313 cm³/mol. The van der Waals surface area contributed by atoms with Gasteiger partial charge >= 0.3 is 6.09 Å². The number of hydrogen-bond acceptors (Lipinski definition) is 17. The highest BCUT2D eigenvalue weighted by Crippen LogP contribution is 2.43. The van der Waals surface area contributed by atoms with Crippen LogP contribution in [-0.4, -0.2) is 184 Å². The quantitative estimate of drug-likeness (QED) is 0.0227. The van der Waals surface area contributed by atoms with E-state index in [-0.39, 0.29) is 53.0 Å². The molecule has 3 aromatic rings. The molecule has 82 heavy (non-hydrogen) atoms. The number of likely N-dealkylation sites (N-methyl/N-ethyl adjacent to an activating group) is 2. The van der Waals surface area contributed by atoms with E-state index in [9.17, 15) is 53.7 Å². The molecule has 2 saturated heterocycles. The van der Waals surface area contributed by atoms with E-state index < -0.39 is 104 Å². The van der Waals surface area contributed by atoms with Gasteiger partial charge in [-0.05, 0) is 83.1 Å². The largest absolute Gasteiger partial charge is 0.445 e. The summed E-state index contributed by atoms with van der Waals surface area (Å²) < 4.78 is 11.0. The number of carbonyl (C=O) groups is 8. The molecule has 2 aliphatic heterocycles. The molecule has 9 atom stereocenters. The summed E-state index contributed by atoms with van der Waals surface area (Å²) in [4.78, 5) is 125. The third-order valence-electron chi connectivity index (χ3n) is 14.9. The number of hydrogen-bond donors (Lipinski definition) is 9. The normalized spacial score (nSPS) is 21.0. The number of aromatic amines is 1. The number of ether oxygens (including phenoxy) is 2. The number of fused-ring (bicyclic) bond motifs is 1. The Morgan fingerprint density at radius 3 is 2.29 bits per heavy atom. The number of imide groups is 1. The average Bonchev–Trinajstić information content (AvgIpc) is 3.93. The number of nitrogens with one attached hydrogen (secondary N) is 6. The topological polar surface area (TPSA) is 340 Å². The van der Waals surface area contributed by atoms with E-state index >= 15 is 0 Å². The standard InChI is InChI=1S/C56H81IN12O13/c1-12-15-21-56(57,14-3)37-24-41(73)69(54(37)79)22-20-39(71)62-43(30(4)5)52(78)60-34(9)51(77)61-36-18-16-35(17-19-36)28-81-55(80)68(11)26-42(74)67(10)25-40(72)63-44-38(27-70)82-53(47(76)46(44)75)66-50-45-49(58-29-59-50)65-48(64-45)33(8)32(7)23-31(6)13-2/h13,16-19,29-30,34,37-38,43-44,46-47,53,70,75-76H,12,14-15,20-28H2,1-11H3,(H,60,78)(H,61,77)(H,62,71)(H,63,72)(H2,58,59,64,65,66)/t34-,37?,38-,43-,44-,46+,47-,53-,56?/m0/s1. The molecular formula is C56H81IN12O13. The zero-order valence-electron chi connectivity index (χ0n) is 48.6. The van der Waals surface area contributed by atoms with Crippen molar-refractivity contribution in [1.29, 1.82) is 0 Å². The maximum atomic E-state index is 13.4. The van der Waals surface area contributed by atoms with Crippen molar-refractivity contribution < 1.29 is 63.1 Å². The minimum Gasteiger partial charge on any atom is -0.445 e. The van der Waals surface area contributed by atoms with Crippen molar-refractivity contribution >= 4 is 98.3 Å². The molecule has 450 valence electrons. The van der Waals surface area contributed by atoms with E-state index in [2.05, 4.69) is 76.0 Å². The van der Waals surface area contributed by atoms with Crippen molar-refractivity contribution in [2.75, 3.05) is 51.0 Å². The molecule has 2 aliphatic rings. The third-order valence-corrected chi connectivity index (χ3v) is 17.0. The third kappa shape index (κ3) is 17.2. The maximum Gasteiger partial charge on any atom is 0.410 e. The number of aliphatic hydroxyl groups excluding tert-OH is 3. The molecule has 4 heterocycles. The van der Waals surface area contributed by atoms with Gasteiger partial charge in [-0.15, -0.1) is 0 Å². The molecule has 2 aromatic heterocycles. The first-order valence-electron chi connectivity index (χ1n) is 27.6. The van der Waals surface area contributed by atoms with E-state index in [4.69, 9.17) is 9.47 Å². The molecule has 8 amide bonds.